The lowest BCUT2D eigenvalue weighted by Crippen LogP contribution is -2.20. The minimum absolute atomic E-state index is 0.203. The van der Waals surface area contributed by atoms with E-state index >= 15 is 0 Å². The molecule has 1 atom stereocenters. The number of hydrogen-bond donors (Lipinski definition) is 1. The molecule has 0 unspecified atom stereocenters. The molecule has 0 aliphatic carbocycles. The Labute approximate surface area is 122 Å². The standard InChI is InChI=1S/C15H16N6/c1-12(13-7-9-16-10-8-13)17-11-15-18-19-20-21(15)14-5-3-2-4-6-14/h2-10,12,17H,11H2,1H3/t12-/m0/s1. The van der Waals surface area contributed by atoms with Gasteiger partial charge in [0.1, 0.15) is 0 Å². The molecule has 0 saturated carbocycles. The largest absolute Gasteiger partial charge is 0.303 e. The number of tetrazole rings is 1. The van der Waals surface area contributed by atoms with Gasteiger partial charge < -0.3 is 5.32 Å². The molecule has 1 N–H and O–H groups in total. The third-order valence-corrected chi connectivity index (χ3v) is 3.31. The number of nitrogens with zero attached hydrogens (tertiary/aromatic N) is 5. The van der Waals surface area contributed by atoms with Crippen molar-refractivity contribution in [2.45, 2.75) is 19.5 Å². The molecule has 3 rings (SSSR count). The lowest BCUT2D eigenvalue weighted by Gasteiger charge is -2.13. The van der Waals surface area contributed by atoms with Crippen molar-refractivity contribution in [1.82, 2.24) is 30.5 Å². The quantitative estimate of drug-likeness (QED) is 0.773. The predicted molar refractivity (Wildman–Crippen MR) is 78.6 cm³/mol. The summed E-state index contributed by atoms with van der Waals surface area (Å²) in [5.74, 6) is 0.780. The Balaban J connectivity index is 1.71. The summed E-state index contributed by atoms with van der Waals surface area (Å²) in [5.41, 5.74) is 2.14. The zero-order chi connectivity index (χ0) is 14.5. The van der Waals surface area contributed by atoms with E-state index < -0.39 is 0 Å². The average Bonchev–Trinajstić information content (AvgIpc) is 3.03. The first-order valence-electron chi connectivity index (χ1n) is 6.80. The minimum atomic E-state index is 0.203. The fraction of sp³-hybridized carbons (Fsp3) is 0.200. The maximum atomic E-state index is 4.09. The van der Waals surface area contributed by atoms with Crippen LogP contribution in [0.25, 0.3) is 5.69 Å². The summed E-state index contributed by atoms with van der Waals surface area (Å²) in [4.78, 5) is 4.03. The minimum Gasteiger partial charge on any atom is -0.303 e. The van der Waals surface area contributed by atoms with Gasteiger partial charge in [0.25, 0.3) is 0 Å². The SMILES string of the molecule is C[C@H](NCc1nnnn1-c1ccccc1)c1ccncc1. The molecule has 0 fully saturated rings. The molecule has 0 aliphatic rings. The highest BCUT2D eigenvalue weighted by atomic mass is 15.5. The van der Waals surface area contributed by atoms with E-state index in [9.17, 15) is 0 Å². The zero-order valence-corrected chi connectivity index (χ0v) is 11.7. The van der Waals surface area contributed by atoms with Gasteiger partial charge in [-0.2, -0.15) is 4.68 Å². The van der Waals surface area contributed by atoms with E-state index in [-0.39, 0.29) is 6.04 Å². The van der Waals surface area contributed by atoms with E-state index in [0.717, 1.165) is 11.5 Å². The number of rotatable bonds is 5. The number of para-hydroxylation sites is 1. The van der Waals surface area contributed by atoms with Crippen LogP contribution in [0.1, 0.15) is 24.4 Å². The van der Waals surface area contributed by atoms with Gasteiger partial charge >= 0.3 is 0 Å². The van der Waals surface area contributed by atoms with Crippen LogP contribution in [-0.4, -0.2) is 25.2 Å². The average molecular weight is 280 g/mol. The summed E-state index contributed by atoms with van der Waals surface area (Å²) in [7, 11) is 0. The molecule has 2 heterocycles. The van der Waals surface area contributed by atoms with Crippen molar-refractivity contribution < 1.29 is 0 Å². The fourth-order valence-electron chi connectivity index (χ4n) is 2.10. The van der Waals surface area contributed by atoms with Crippen molar-refractivity contribution in [1.29, 1.82) is 0 Å². The van der Waals surface area contributed by atoms with Crippen molar-refractivity contribution in [3.05, 3.63) is 66.2 Å². The maximum absolute atomic E-state index is 4.09. The van der Waals surface area contributed by atoms with Crippen LogP contribution < -0.4 is 5.32 Å². The van der Waals surface area contributed by atoms with E-state index in [1.165, 1.54) is 5.56 Å². The van der Waals surface area contributed by atoms with Crippen LogP contribution in [0, 0.1) is 0 Å². The molecule has 6 heteroatoms. The van der Waals surface area contributed by atoms with Crippen LogP contribution in [0.2, 0.25) is 0 Å². The van der Waals surface area contributed by atoms with Crippen molar-refractivity contribution >= 4 is 0 Å². The molecular formula is C15H16N6. The van der Waals surface area contributed by atoms with Crippen molar-refractivity contribution in [3.8, 4) is 5.69 Å². The Morgan fingerprint density at radius 3 is 2.62 bits per heavy atom. The van der Waals surface area contributed by atoms with Crippen LogP contribution in [0.4, 0.5) is 0 Å². The Kier molecular flexibility index (Phi) is 3.97. The Hall–Kier alpha value is -2.60. The van der Waals surface area contributed by atoms with Gasteiger partial charge in [-0.15, -0.1) is 5.10 Å². The monoisotopic (exact) mass is 280 g/mol. The van der Waals surface area contributed by atoms with Gasteiger partial charge in [-0.05, 0) is 47.2 Å². The zero-order valence-electron chi connectivity index (χ0n) is 11.7. The molecule has 0 aliphatic heterocycles. The highest BCUT2D eigenvalue weighted by molar-refractivity contribution is 5.30. The summed E-state index contributed by atoms with van der Waals surface area (Å²) in [5, 5.41) is 15.3. The van der Waals surface area contributed by atoms with E-state index in [4.69, 9.17) is 0 Å². The van der Waals surface area contributed by atoms with Crippen LogP contribution in [-0.2, 0) is 6.54 Å². The molecule has 0 amide bonds. The third kappa shape index (κ3) is 3.11. The maximum Gasteiger partial charge on any atom is 0.170 e. The topological polar surface area (TPSA) is 68.5 Å². The first-order chi connectivity index (χ1) is 10.3. The molecule has 106 valence electrons. The Bertz CT molecular complexity index is 680. The molecule has 2 aromatic heterocycles. The van der Waals surface area contributed by atoms with E-state index in [1.807, 2.05) is 42.5 Å². The smallest absolute Gasteiger partial charge is 0.170 e. The second-order valence-electron chi connectivity index (χ2n) is 4.73. The molecule has 0 bridgehead atoms. The van der Waals surface area contributed by atoms with Gasteiger partial charge in [0, 0.05) is 18.4 Å². The summed E-state index contributed by atoms with van der Waals surface area (Å²) in [6.07, 6.45) is 3.59. The second kappa shape index (κ2) is 6.23. The van der Waals surface area contributed by atoms with Gasteiger partial charge in [0.05, 0.1) is 12.2 Å². The van der Waals surface area contributed by atoms with Crippen LogP contribution in [0.5, 0.6) is 0 Å². The highest BCUT2D eigenvalue weighted by Gasteiger charge is 2.10. The molecule has 21 heavy (non-hydrogen) atoms. The molecule has 1 aromatic carbocycles. The normalized spacial score (nSPS) is 12.2. The van der Waals surface area contributed by atoms with Gasteiger partial charge in [-0.1, -0.05) is 18.2 Å². The Morgan fingerprint density at radius 2 is 1.86 bits per heavy atom. The summed E-state index contributed by atoms with van der Waals surface area (Å²) in [6.45, 7) is 2.69. The van der Waals surface area contributed by atoms with E-state index in [2.05, 4.69) is 32.7 Å². The number of benzene rings is 1. The molecule has 3 aromatic rings. The van der Waals surface area contributed by atoms with Crippen molar-refractivity contribution in [2.75, 3.05) is 0 Å². The van der Waals surface area contributed by atoms with Crippen LogP contribution >= 0.6 is 0 Å². The van der Waals surface area contributed by atoms with Crippen LogP contribution in [0.15, 0.2) is 54.9 Å². The van der Waals surface area contributed by atoms with Crippen LogP contribution in [0.3, 0.4) is 0 Å². The number of hydrogen-bond acceptors (Lipinski definition) is 5. The van der Waals surface area contributed by atoms with Gasteiger partial charge in [0.15, 0.2) is 5.82 Å². The molecule has 6 nitrogen and oxygen atoms in total. The van der Waals surface area contributed by atoms with E-state index in [0.29, 0.717) is 6.54 Å². The number of nitrogens with one attached hydrogen (secondary N) is 1. The number of aromatic nitrogens is 5. The summed E-state index contributed by atoms with van der Waals surface area (Å²) in [6, 6.07) is 14.1. The highest BCUT2D eigenvalue weighted by Crippen LogP contribution is 2.12. The summed E-state index contributed by atoms with van der Waals surface area (Å²) < 4.78 is 1.74. The summed E-state index contributed by atoms with van der Waals surface area (Å²) >= 11 is 0. The van der Waals surface area contributed by atoms with E-state index in [1.54, 1.807) is 17.1 Å². The fourth-order valence-corrected chi connectivity index (χ4v) is 2.10. The van der Waals surface area contributed by atoms with Gasteiger partial charge in [-0.25, -0.2) is 0 Å². The molecular weight excluding hydrogens is 264 g/mol. The van der Waals surface area contributed by atoms with Crippen molar-refractivity contribution in [3.63, 3.8) is 0 Å². The van der Waals surface area contributed by atoms with Gasteiger partial charge in [-0.3, -0.25) is 4.98 Å². The lowest BCUT2D eigenvalue weighted by atomic mass is 10.1. The third-order valence-electron chi connectivity index (χ3n) is 3.31. The lowest BCUT2D eigenvalue weighted by molar-refractivity contribution is 0.550. The Morgan fingerprint density at radius 1 is 1.10 bits per heavy atom. The van der Waals surface area contributed by atoms with Crippen molar-refractivity contribution in [2.24, 2.45) is 0 Å². The molecule has 0 saturated heterocycles. The first kappa shape index (κ1) is 13.4. The first-order valence-corrected chi connectivity index (χ1v) is 6.80. The molecule has 0 spiro atoms. The predicted octanol–water partition coefficient (Wildman–Crippen LogP) is 1.91. The number of pyridine rings is 1. The van der Waals surface area contributed by atoms with Gasteiger partial charge in [0.2, 0.25) is 0 Å². The second-order valence-corrected chi connectivity index (χ2v) is 4.73. The molecule has 0 radical (unpaired) electrons.